The Bertz CT molecular complexity index is 540. The number of urea groups is 1. The van der Waals surface area contributed by atoms with Crippen LogP contribution >= 0.6 is 15.9 Å². The molecule has 21 heavy (non-hydrogen) atoms. The summed E-state index contributed by atoms with van der Waals surface area (Å²) < 4.78 is 5.83. The summed E-state index contributed by atoms with van der Waals surface area (Å²) in [6, 6.07) is 3.49. The minimum absolute atomic E-state index is 0.497. The number of carbonyl (C=O) groups excluding carboxylic acids is 1. The van der Waals surface area contributed by atoms with Gasteiger partial charge in [0, 0.05) is 16.2 Å². The molecule has 1 aromatic carbocycles. The lowest BCUT2D eigenvalue weighted by Gasteiger charge is -2.27. The van der Waals surface area contributed by atoms with Crippen molar-refractivity contribution in [2.45, 2.75) is 26.8 Å². The molecule has 0 aliphatic carbocycles. The molecule has 0 saturated heterocycles. The number of carbonyl (C=O) groups is 2. The lowest BCUT2D eigenvalue weighted by Crippen LogP contribution is -2.50. The van der Waals surface area contributed by atoms with Gasteiger partial charge in [0.25, 0.3) is 0 Å². The number of anilines is 1. The Morgan fingerprint density at radius 2 is 1.90 bits per heavy atom. The van der Waals surface area contributed by atoms with Gasteiger partial charge in [0.2, 0.25) is 0 Å². The van der Waals surface area contributed by atoms with Crippen LogP contribution in [0.5, 0.6) is 5.75 Å². The van der Waals surface area contributed by atoms with Crippen molar-refractivity contribution >= 4 is 33.6 Å². The third-order valence-corrected chi connectivity index (χ3v) is 3.21. The molecule has 0 aliphatic rings. The number of carboxylic acid groups (broad SMARTS) is 1. The smallest absolute Gasteiger partial charge is 0.326 e. The first-order valence-electron chi connectivity index (χ1n) is 6.28. The van der Waals surface area contributed by atoms with E-state index in [0.29, 0.717) is 11.4 Å². The van der Waals surface area contributed by atoms with E-state index in [9.17, 15) is 14.7 Å². The molecule has 0 fully saturated rings. The zero-order valence-corrected chi connectivity index (χ0v) is 13.9. The number of hydrogen-bond donors (Lipinski definition) is 3. The summed E-state index contributed by atoms with van der Waals surface area (Å²) in [4.78, 5) is 23.2. The molecule has 1 unspecified atom stereocenters. The number of nitrogens with one attached hydrogen (secondary N) is 2. The predicted molar refractivity (Wildman–Crippen MR) is 83.7 cm³/mol. The van der Waals surface area contributed by atoms with Crippen molar-refractivity contribution in [2.75, 3.05) is 12.4 Å². The van der Waals surface area contributed by atoms with Crippen molar-refractivity contribution < 1.29 is 19.4 Å². The van der Waals surface area contributed by atoms with Gasteiger partial charge in [-0.2, -0.15) is 0 Å². The zero-order chi connectivity index (χ0) is 16.2. The molecule has 7 heteroatoms. The first-order valence-corrected chi connectivity index (χ1v) is 7.07. The Labute approximate surface area is 132 Å². The minimum atomic E-state index is -1.08. The second-order valence-electron chi connectivity index (χ2n) is 5.62. The van der Waals surface area contributed by atoms with Crippen molar-refractivity contribution in [3.8, 4) is 5.75 Å². The Morgan fingerprint density at radius 3 is 2.38 bits per heavy atom. The Hall–Kier alpha value is -1.76. The van der Waals surface area contributed by atoms with Gasteiger partial charge in [0.1, 0.15) is 11.8 Å². The van der Waals surface area contributed by atoms with Crippen LogP contribution in [0, 0.1) is 5.41 Å². The number of carboxylic acids is 1. The van der Waals surface area contributed by atoms with Crippen molar-refractivity contribution in [2.24, 2.45) is 5.41 Å². The highest BCUT2D eigenvalue weighted by Gasteiger charge is 2.32. The van der Waals surface area contributed by atoms with Gasteiger partial charge in [-0.05, 0) is 17.5 Å². The SMILES string of the molecule is COc1cc(Br)cc(NC(=O)NC(C(=O)O)C(C)(C)C)c1. The Morgan fingerprint density at radius 1 is 1.29 bits per heavy atom. The van der Waals surface area contributed by atoms with E-state index in [1.54, 1.807) is 39.0 Å². The fourth-order valence-electron chi connectivity index (χ4n) is 1.70. The molecule has 0 radical (unpaired) electrons. The number of aliphatic carboxylic acids is 1. The highest BCUT2D eigenvalue weighted by Crippen LogP contribution is 2.25. The zero-order valence-electron chi connectivity index (χ0n) is 12.4. The number of amides is 2. The van der Waals surface area contributed by atoms with Crippen molar-refractivity contribution in [1.29, 1.82) is 0 Å². The number of ether oxygens (including phenoxy) is 1. The standard InChI is InChI=1S/C14H19BrN2O4/c1-14(2,3)11(12(18)19)17-13(20)16-9-5-8(15)6-10(7-9)21-4/h5-7,11H,1-4H3,(H,18,19)(H2,16,17,20). The second kappa shape index (κ2) is 6.80. The van der Waals surface area contributed by atoms with Crippen LogP contribution in [0.4, 0.5) is 10.5 Å². The summed E-state index contributed by atoms with van der Waals surface area (Å²) in [5, 5.41) is 14.2. The first kappa shape index (κ1) is 17.3. The van der Waals surface area contributed by atoms with E-state index in [4.69, 9.17) is 4.74 Å². The number of hydrogen-bond acceptors (Lipinski definition) is 3. The molecule has 6 nitrogen and oxygen atoms in total. The van der Waals surface area contributed by atoms with Crippen LogP contribution in [0.15, 0.2) is 22.7 Å². The van der Waals surface area contributed by atoms with Crippen LogP contribution in [0.2, 0.25) is 0 Å². The topological polar surface area (TPSA) is 87.7 Å². The van der Waals surface area contributed by atoms with E-state index in [-0.39, 0.29) is 0 Å². The number of methoxy groups -OCH3 is 1. The monoisotopic (exact) mass is 358 g/mol. The van der Waals surface area contributed by atoms with Gasteiger partial charge in [-0.1, -0.05) is 36.7 Å². The molecule has 116 valence electrons. The van der Waals surface area contributed by atoms with Gasteiger partial charge in [-0.25, -0.2) is 9.59 Å². The number of rotatable bonds is 4. The molecule has 0 saturated carbocycles. The third-order valence-electron chi connectivity index (χ3n) is 2.75. The highest BCUT2D eigenvalue weighted by molar-refractivity contribution is 9.10. The summed E-state index contributed by atoms with van der Waals surface area (Å²) in [7, 11) is 1.52. The molecule has 0 spiro atoms. The van der Waals surface area contributed by atoms with Crippen LogP contribution in [0.25, 0.3) is 0 Å². The van der Waals surface area contributed by atoms with E-state index >= 15 is 0 Å². The Kier molecular flexibility index (Phi) is 5.60. The number of halogens is 1. The highest BCUT2D eigenvalue weighted by atomic mass is 79.9. The van der Waals surface area contributed by atoms with E-state index in [1.165, 1.54) is 7.11 Å². The van der Waals surface area contributed by atoms with Crippen LogP contribution in [0.3, 0.4) is 0 Å². The maximum atomic E-state index is 11.9. The van der Waals surface area contributed by atoms with Crippen molar-refractivity contribution in [3.63, 3.8) is 0 Å². The van der Waals surface area contributed by atoms with Gasteiger partial charge < -0.3 is 20.5 Å². The van der Waals surface area contributed by atoms with Crippen LogP contribution in [-0.4, -0.2) is 30.3 Å². The molecule has 1 aromatic rings. The molecule has 0 heterocycles. The maximum absolute atomic E-state index is 11.9. The normalized spacial score (nSPS) is 12.4. The maximum Gasteiger partial charge on any atom is 0.326 e. The first-order chi connectivity index (χ1) is 9.63. The molecule has 1 atom stereocenters. The number of benzene rings is 1. The summed E-state index contributed by atoms with van der Waals surface area (Å²) in [5.74, 6) is -0.505. The molecule has 0 aliphatic heterocycles. The lowest BCUT2D eigenvalue weighted by molar-refractivity contribution is -0.141. The molecule has 0 aromatic heterocycles. The van der Waals surface area contributed by atoms with Gasteiger partial charge in [0.05, 0.1) is 7.11 Å². The van der Waals surface area contributed by atoms with Gasteiger partial charge in [0.15, 0.2) is 0 Å². The molecule has 1 rings (SSSR count). The summed E-state index contributed by atoms with van der Waals surface area (Å²) in [5.41, 5.74) is -0.102. The molecule has 0 bridgehead atoms. The molecular weight excluding hydrogens is 340 g/mol. The fraction of sp³-hybridized carbons (Fsp3) is 0.429. The van der Waals surface area contributed by atoms with Crippen molar-refractivity contribution in [3.05, 3.63) is 22.7 Å². The summed E-state index contributed by atoms with van der Waals surface area (Å²) >= 11 is 3.30. The quantitative estimate of drug-likeness (QED) is 0.771. The molecular formula is C14H19BrN2O4. The predicted octanol–water partition coefficient (Wildman–Crippen LogP) is 3.08. The van der Waals surface area contributed by atoms with Crippen LogP contribution in [-0.2, 0) is 4.79 Å². The van der Waals surface area contributed by atoms with E-state index in [1.807, 2.05) is 0 Å². The van der Waals surface area contributed by atoms with Crippen molar-refractivity contribution in [1.82, 2.24) is 5.32 Å². The lowest BCUT2D eigenvalue weighted by atomic mass is 9.87. The third kappa shape index (κ3) is 5.26. The molecule has 3 N–H and O–H groups in total. The van der Waals surface area contributed by atoms with Gasteiger partial charge in [-0.15, -0.1) is 0 Å². The van der Waals surface area contributed by atoms with Gasteiger partial charge >= 0.3 is 12.0 Å². The minimum Gasteiger partial charge on any atom is -0.497 e. The summed E-state index contributed by atoms with van der Waals surface area (Å²) in [6.07, 6.45) is 0. The molecule has 2 amide bonds. The van der Waals surface area contributed by atoms with E-state index < -0.39 is 23.5 Å². The van der Waals surface area contributed by atoms with E-state index in [2.05, 4.69) is 26.6 Å². The fourth-order valence-corrected chi connectivity index (χ4v) is 2.17. The van der Waals surface area contributed by atoms with Gasteiger partial charge in [-0.3, -0.25) is 0 Å². The average Bonchev–Trinajstić information content (AvgIpc) is 2.33. The largest absolute Gasteiger partial charge is 0.497 e. The van der Waals surface area contributed by atoms with Crippen LogP contribution < -0.4 is 15.4 Å². The average molecular weight is 359 g/mol. The van der Waals surface area contributed by atoms with Crippen LogP contribution in [0.1, 0.15) is 20.8 Å². The van der Waals surface area contributed by atoms with E-state index in [0.717, 1.165) is 4.47 Å². The Balaban J connectivity index is 2.82. The second-order valence-corrected chi connectivity index (χ2v) is 6.53. The summed E-state index contributed by atoms with van der Waals surface area (Å²) in [6.45, 7) is 5.23.